The van der Waals surface area contributed by atoms with E-state index in [0.717, 1.165) is 5.92 Å². The summed E-state index contributed by atoms with van der Waals surface area (Å²) >= 11 is 0. The van der Waals surface area contributed by atoms with Gasteiger partial charge in [0.15, 0.2) is 0 Å². The SMILES string of the molecule is CC.CCCCN1CCC(C)CC1. The molecule has 1 aliphatic rings. The number of piperidine rings is 1. The minimum absolute atomic E-state index is 0.980. The summed E-state index contributed by atoms with van der Waals surface area (Å²) < 4.78 is 0. The molecule has 0 radical (unpaired) electrons. The van der Waals surface area contributed by atoms with E-state index in [1.165, 1.54) is 45.3 Å². The number of unbranched alkanes of at least 4 members (excludes halogenated alkanes) is 1. The first-order chi connectivity index (χ1) is 6.33. The summed E-state index contributed by atoms with van der Waals surface area (Å²) in [6, 6.07) is 0. The van der Waals surface area contributed by atoms with Crippen LogP contribution < -0.4 is 0 Å². The van der Waals surface area contributed by atoms with Gasteiger partial charge in [0, 0.05) is 0 Å². The minimum Gasteiger partial charge on any atom is -0.303 e. The molecule has 0 saturated carbocycles. The standard InChI is InChI=1S/C10H21N.C2H6/c1-3-4-7-11-8-5-10(2)6-9-11;1-2/h10H,3-9H2,1-2H3;1-2H3. The molecule has 0 aromatic rings. The van der Waals surface area contributed by atoms with E-state index in [2.05, 4.69) is 18.7 Å². The van der Waals surface area contributed by atoms with Crippen molar-refractivity contribution in [1.82, 2.24) is 4.90 Å². The lowest BCUT2D eigenvalue weighted by Crippen LogP contribution is -2.33. The van der Waals surface area contributed by atoms with Gasteiger partial charge in [-0.15, -0.1) is 0 Å². The average Bonchev–Trinajstić information content (AvgIpc) is 2.20. The Morgan fingerprint density at radius 1 is 1.15 bits per heavy atom. The molecule has 1 saturated heterocycles. The van der Waals surface area contributed by atoms with E-state index in [9.17, 15) is 0 Å². The maximum absolute atomic E-state index is 2.61. The second kappa shape index (κ2) is 8.55. The number of hydrogen-bond acceptors (Lipinski definition) is 1. The quantitative estimate of drug-likeness (QED) is 0.650. The molecule has 0 spiro atoms. The van der Waals surface area contributed by atoms with Gasteiger partial charge in [0.05, 0.1) is 0 Å². The van der Waals surface area contributed by atoms with Gasteiger partial charge in [0.1, 0.15) is 0 Å². The average molecular weight is 185 g/mol. The van der Waals surface area contributed by atoms with Crippen LogP contribution in [0.25, 0.3) is 0 Å². The molecule has 80 valence electrons. The Morgan fingerprint density at radius 2 is 1.69 bits per heavy atom. The zero-order chi connectivity index (χ0) is 10.1. The molecule has 1 nitrogen and oxygen atoms in total. The molecule has 0 aromatic heterocycles. The van der Waals surface area contributed by atoms with Crippen LogP contribution in [0, 0.1) is 5.92 Å². The molecule has 1 fully saturated rings. The summed E-state index contributed by atoms with van der Waals surface area (Å²) in [6.07, 6.45) is 5.56. The number of nitrogens with zero attached hydrogens (tertiary/aromatic N) is 1. The molecular weight excluding hydrogens is 158 g/mol. The Labute approximate surface area is 84.5 Å². The van der Waals surface area contributed by atoms with E-state index in [0.29, 0.717) is 0 Å². The van der Waals surface area contributed by atoms with Crippen LogP contribution in [-0.2, 0) is 0 Å². The first kappa shape index (κ1) is 13.0. The molecule has 0 amide bonds. The fraction of sp³-hybridized carbons (Fsp3) is 1.00. The normalized spacial score (nSPS) is 19.4. The molecule has 0 N–H and O–H groups in total. The van der Waals surface area contributed by atoms with Crippen molar-refractivity contribution in [3.63, 3.8) is 0 Å². The van der Waals surface area contributed by atoms with E-state index >= 15 is 0 Å². The second-order valence-corrected chi connectivity index (χ2v) is 3.88. The summed E-state index contributed by atoms with van der Waals surface area (Å²) in [5.74, 6) is 0.980. The van der Waals surface area contributed by atoms with Gasteiger partial charge in [-0.2, -0.15) is 0 Å². The van der Waals surface area contributed by atoms with Crippen LogP contribution in [0.4, 0.5) is 0 Å². The molecule has 0 atom stereocenters. The second-order valence-electron chi connectivity index (χ2n) is 3.88. The lowest BCUT2D eigenvalue weighted by molar-refractivity contribution is 0.190. The summed E-state index contributed by atoms with van der Waals surface area (Å²) in [4.78, 5) is 2.61. The predicted molar refractivity (Wildman–Crippen MR) is 61.1 cm³/mol. The first-order valence-corrected chi connectivity index (χ1v) is 6.05. The topological polar surface area (TPSA) is 3.24 Å². The Morgan fingerprint density at radius 3 is 2.15 bits per heavy atom. The largest absolute Gasteiger partial charge is 0.303 e. The van der Waals surface area contributed by atoms with Crippen LogP contribution in [0.15, 0.2) is 0 Å². The Balaban J connectivity index is 0.000000671. The highest BCUT2D eigenvalue weighted by Gasteiger charge is 2.14. The monoisotopic (exact) mass is 185 g/mol. The molecule has 1 aliphatic heterocycles. The van der Waals surface area contributed by atoms with Gasteiger partial charge in [-0.05, 0) is 44.8 Å². The highest BCUT2D eigenvalue weighted by atomic mass is 15.1. The third-order valence-electron chi connectivity index (χ3n) is 2.70. The smallest absolute Gasteiger partial charge is 0.00162 e. The van der Waals surface area contributed by atoms with Gasteiger partial charge in [-0.25, -0.2) is 0 Å². The Bertz CT molecular complexity index is 90.5. The third kappa shape index (κ3) is 6.09. The van der Waals surface area contributed by atoms with Crippen molar-refractivity contribution in [3.8, 4) is 0 Å². The maximum Gasteiger partial charge on any atom is -0.00162 e. The lowest BCUT2D eigenvalue weighted by Gasteiger charge is -2.29. The molecule has 0 aliphatic carbocycles. The number of likely N-dealkylation sites (tertiary alicyclic amines) is 1. The minimum atomic E-state index is 0.980. The Hall–Kier alpha value is -0.0400. The van der Waals surface area contributed by atoms with Crippen molar-refractivity contribution in [1.29, 1.82) is 0 Å². The fourth-order valence-corrected chi connectivity index (χ4v) is 1.67. The van der Waals surface area contributed by atoms with Crippen LogP contribution >= 0.6 is 0 Å². The zero-order valence-electron chi connectivity index (χ0n) is 9.97. The van der Waals surface area contributed by atoms with Crippen LogP contribution in [0.2, 0.25) is 0 Å². The van der Waals surface area contributed by atoms with Crippen LogP contribution in [0.3, 0.4) is 0 Å². The van der Waals surface area contributed by atoms with E-state index < -0.39 is 0 Å². The summed E-state index contributed by atoms with van der Waals surface area (Å²) in [5, 5.41) is 0. The van der Waals surface area contributed by atoms with E-state index in [-0.39, 0.29) is 0 Å². The summed E-state index contributed by atoms with van der Waals surface area (Å²) in [7, 11) is 0. The summed E-state index contributed by atoms with van der Waals surface area (Å²) in [6.45, 7) is 12.7. The molecule has 1 rings (SSSR count). The van der Waals surface area contributed by atoms with Gasteiger partial charge in [0.2, 0.25) is 0 Å². The lowest BCUT2D eigenvalue weighted by atomic mass is 9.99. The molecular formula is C12H27N. The van der Waals surface area contributed by atoms with Gasteiger partial charge < -0.3 is 4.90 Å². The molecule has 1 heterocycles. The Kier molecular flexibility index (Phi) is 8.53. The van der Waals surface area contributed by atoms with Crippen LogP contribution in [-0.4, -0.2) is 24.5 Å². The van der Waals surface area contributed by atoms with Crippen molar-refractivity contribution in [2.24, 2.45) is 5.92 Å². The molecule has 0 aromatic carbocycles. The highest BCUT2D eigenvalue weighted by Crippen LogP contribution is 2.15. The van der Waals surface area contributed by atoms with Crippen molar-refractivity contribution in [2.45, 2.75) is 53.4 Å². The predicted octanol–water partition coefficient (Wildman–Crippen LogP) is 3.54. The van der Waals surface area contributed by atoms with Gasteiger partial charge >= 0.3 is 0 Å². The number of hydrogen-bond donors (Lipinski definition) is 0. The van der Waals surface area contributed by atoms with Gasteiger partial charge in [0.25, 0.3) is 0 Å². The number of rotatable bonds is 3. The molecule has 0 bridgehead atoms. The van der Waals surface area contributed by atoms with Crippen molar-refractivity contribution in [2.75, 3.05) is 19.6 Å². The zero-order valence-corrected chi connectivity index (χ0v) is 9.97. The van der Waals surface area contributed by atoms with E-state index in [4.69, 9.17) is 0 Å². The van der Waals surface area contributed by atoms with Gasteiger partial charge in [-0.3, -0.25) is 0 Å². The fourth-order valence-electron chi connectivity index (χ4n) is 1.67. The van der Waals surface area contributed by atoms with E-state index in [1.807, 2.05) is 13.8 Å². The molecule has 13 heavy (non-hydrogen) atoms. The van der Waals surface area contributed by atoms with Gasteiger partial charge in [-0.1, -0.05) is 34.1 Å². The van der Waals surface area contributed by atoms with Crippen LogP contribution in [0.1, 0.15) is 53.4 Å². The van der Waals surface area contributed by atoms with Crippen molar-refractivity contribution < 1.29 is 0 Å². The van der Waals surface area contributed by atoms with Crippen LogP contribution in [0.5, 0.6) is 0 Å². The van der Waals surface area contributed by atoms with Crippen molar-refractivity contribution in [3.05, 3.63) is 0 Å². The van der Waals surface area contributed by atoms with Crippen molar-refractivity contribution >= 4 is 0 Å². The summed E-state index contributed by atoms with van der Waals surface area (Å²) in [5.41, 5.74) is 0. The first-order valence-electron chi connectivity index (χ1n) is 6.05. The molecule has 0 unspecified atom stereocenters. The molecule has 1 heteroatoms. The highest BCUT2D eigenvalue weighted by molar-refractivity contribution is 4.68. The maximum atomic E-state index is 2.61. The van der Waals surface area contributed by atoms with E-state index in [1.54, 1.807) is 0 Å². The third-order valence-corrected chi connectivity index (χ3v) is 2.70.